The first kappa shape index (κ1) is 75.0. The zero-order chi connectivity index (χ0) is 69.8. The Labute approximate surface area is 549 Å². The average molecular weight is 1410 g/mol. The van der Waals surface area contributed by atoms with Gasteiger partial charge in [0, 0.05) is 25.9 Å². The molecule has 3 saturated carbocycles. The Morgan fingerprint density at radius 3 is 1.94 bits per heavy atom. The SMILES string of the molecule is CO[C@@H]1[C@@H](O)[C@H](O[C@@H]2[C@@H](O)[C@H](O[C@H]3[C@H](O)[C@@H](O[C@@H]4OC[C@@H](O)[C@H](O)[C@H]4O)[C@H](O[C@H]4[C@H](O[C@H]5CC[C@]6(C)[C@@H]7CC[C@]89C(=O)O[C@@](C)(C/C=C/C(C)(C)O)[C@H]8[C@@H](OC(C)=O)C[C@@]9(C)C7=CC[C@H]6C5(C)C)OC[C@@H](OS(=O)(=O)O)[C@@H]4O)O[C@@H]3C)O[C@H](COS(=O)(=O)O)[C@H]2O)OC[C@H]1O. The molecule has 0 aromatic heterocycles. The Bertz CT molecular complexity index is 3040. The van der Waals surface area contributed by atoms with Crippen LogP contribution in [0.5, 0.6) is 0 Å². The van der Waals surface area contributed by atoms with E-state index < -0.39 is 239 Å². The van der Waals surface area contributed by atoms with E-state index in [1.165, 1.54) is 21.0 Å². The van der Waals surface area contributed by atoms with Crippen LogP contribution in [0.2, 0.25) is 0 Å². The molecule has 0 amide bonds. The standard InChI is InChI=1S/C60H94O33S2/c1-25-43(88-51-42(70)45(37(65)32(86-51)24-83-94(73,74)75)89-50-41(69)44(79-10)30(63)22-81-50)40(68)47(90-49-39(67)36(64)29(62)21-80-49)53(84-25)91-46-38(66)33(93-95(76,77)78)23-82-52(46)87-35-15-18-57(7)27-14-19-60-48(59(9,92-54(60)71)17-11-16-55(3,4)72)31(85-26(2)61)20-58(60,8)28(27)12-13-34(57)56(35,5)6/h11-12,16,25,27,29-53,62-70,72H,13-15,17-24H2,1-10H3,(H,73,74,75)(H,76,77,78)/b16-11+/t25-,27-,29-,30-,31+,32-,33-,34+,35+,36+,37-,38+,39-,40+,41-,42-,43-,44+,45+,46-,47-,48-,49+,50+,51+,52+,53+,57-,58+,59+,60-/m1/s1. The zero-order valence-electron chi connectivity index (χ0n) is 54.4. The molecule has 544 valence electrons. The number of methoxy groups -OCH3 is 1. The lowest BCUT2D eigenvalue weighted by Crippen LogP contribution is -2.67. The summed E-state index contributed by atoms with van der Waals surface area (Å²) in [6, 6.07) is 0. The van der Waals surface area contributed by atoms with E-state index in [1.54, 1.807) is 26.0 Å². The number of aliphatic hydroxyl groups is 10. The topological polar surface area (TPSA) is 484 Å². The van der Waals surface area contributed by atoms with Crippen molar-refractivity contribution in [2.75, 3.05) is 33.5 Å². The molecule has 9 fully saturated rings. The molecule has 6 saturated heterocycles. The lowest BCUT2D eigenvalue weighted by Gasteiger charge is -2.64. The zero-order valence-corrected chi connectivity index (χ0v) is 56.0. The number of esters is 2. The number of hydrogen-bond acceptors (Lipinski definition) is 31. The van der Waals surface area contributed by atoms with E-state index in [9.17, 15) is 86.6 Å². The number of carbonyl (C=O) groups excluding carboxylic acids is 2. The van der Waals surface area contributed by atoms with E-state index in [0.717, 1.165) is 5.57 Å². The molecule has 10 aliphatic rings. The van der Waals surface area contributed by atoms with Gasteiger partial charge in [-0.25, -0.2) is 8.37 Å². The van der Waals surface area contributed by atoms with Gasteiger partial charge in [0.1, 0.15) is 109 Å². The molecule has 0 bridgehead atoms. The minimum absolute atomic E-state index is 0.0802. The largest absolute Gasteiger partial charge is 0.462 e. The Morgan fingerprint density at radius 2 is 1.29 bits per heavy atom. The Hall–Kier alpha value is -2.68. The van der Waals surface area contributed by atoms with Crippen LogP contribution in [0.4, 0.5) is 0 Å². The van der Waals surface area contributed by atoms with Crippen molar-refractivity contribution in [3.8, 4) is 0 Å². The summed E-state index contributed by atoms with van der Waals surface area (Å²) < 4.78 is 155. The highest BCUT2D eigenvalue weighted by atomic mass is 32.3. The molecular formula is C60H94O33S2. The normalized spacial score (nSPS) is 48.6. The third-order valence-corrected chi connectivity index (χ3v) is 22.9. The van der Waals surface area contributed by atoms with E-state index in [4.69, 9.17) is 65.8 Å². The highest BCUT2D eigenvalue weighted by Crippen LogP contribution is 2.77. The fraction of sp³-hybridized carbons (Fsp3) is 0.900. The maximum absolute atomic E-state index is 14.8. The molecule has 95 heavy (non-hydrogen) atoms. The summed E-state index contributed by atoms with van der Waals surface area (Å²) in [6.07, 6.45) is -33.8. The molecular weight excluding hydrogens is 1310 g/mol. The summed E-state index contributed by atoms with van der Waals surface area (Å²) in [7, 11) is -9.38. The Kier molecular flexibility index (Phi) is 21.8. The number of carbonyl (C=O) groups is 2. The lowest BCUT2D eigenvalue weighted by molar-refractivity contribution is -0.402. The van der Waals surface area contributed by atoms with Gasteiger partial charge < -0.3 is 113 Å². The van der Waals surface area contributed by atoms with E-state index in [0.29, 0.717) is 38.5 Å². The number of aliphatic hydroxyl groups excluding tert-OH is 9. The van der Waals surface area contributed by atoms with Crippen LogP contribution in [0.1, 0.15) is 107 Å². The molecule has 10 rings (SSSR count). The van der Waals surface area contributed by atoms with Crippen molar-refractivity contribution in [2.24, 2.45) is 39.4 Å². The van der Waals surface area contributed by atoms with E-state index in [2.05, 4.69) is 24.1 Å². The Morgan fingerprint density at radius 1 is 0.684 bits per heavy atom. The molecule has 12 N–H and O–H groups in total. The predicted octanol–water partition coefficient (Wildman–Crippen LogP) is -2.12. The van der Waals surface area contributed by atoms with Crippen LogP contribution in [0.15, 0.2) is 23.8 Å². The van der Waals surface area contributed by atoms with Crippen molar-refractivity contribution >= 4 is 32.7 Å². The van der Waals surface area contributed by atoms with E-state index in [-0.39, 0.29) is 24.2 Å². The second kappa shape index (κ2) is 27.6. The van der Waals surface area contributed by atoms with Crippen LogP contribution >= 0.6 is 0 Å². The number of hydrogen-bond donors (Lipinski definition) is 12. The maximum Gasteiger partial charge on any atom is 0.397 e. The number of fused-ring (bicyclic) bond motifs is 4. The first-order valence-corrected chi connectivity index (χ1v) is 34.7. The first-order chi connectivity index (χ1) is 44.1. The maximum atomic E-state index is 14.8. The van der Waals surface area contributed by atoms with Gasteiger partial charge in [-0.05, 0) is 88.9 Å². The fourth-order valence-corrected chi connectivity index (χ4v) is 18.3. The molecule has 0 aromatic carbocycles. The van der Waals surface area contributed by atoms with Crippen LogP contribution < -0.4 is 0 Å². The quantitative estimate of drug-likeness (QED) is 0.0352. The number of allylic oxidation sites excluding steroid dienone is 2. The molecule has 1 spiro atoms. The molecule has 4 aliphatic carbocycles. The van der Waals surface area contributed by atoms with Gasteiger partial charge in [-0.1, -0.05) is 51.5 Å². The van der Waals surface area contributed by atoms with E-state index in [1.807, 2.05) is 20.8 Å². The van der Waals surface area contributed by atoms with Gasteiger partial charge in [-0.15, -0.1) is 0 Å². The molecule has 0 unspecified atom stereocenters. The highest BCUT2D eigenvalue weighted by molar-refractivity contribution is 7.81. The minimum atomic E-state index is -5.32. The summed E-state index contributed by atoms with van der Waals surface area (Å²) in [5.41, 5.74) is -4.21. The summed E-state index contributed by atoms with van der Waals surface area (Å²) in [6.45, 7) is 13.1. The number of rotatable bonds is 20. The fourth-order valence-electron chi connectivity index (χ4n) is 17.5. The summed E-state index contributed by atoms with van der Waals surface area (Å²) in [5, 5.41) is 112. The number of cyclic esters (lactones) is 1. The molecule has 31 atom stereocenters. The highest BCUT2D eigenvalue weighted by Gasteiger charge is 2.79. The Balaban J connectivity index is 0.927. The van der Waals surface area contributed by atoms with Gasteiger partial charge in [0.05, 0.1) is 55.6 Å². The van der Waals surface area contributed by atoms with Crippen molar-refractivity contribution < 1.29 is 157 Å². The van der Waals surface area contributed by atoms with Gasteiger partial charge in [-0.2, -0.15) is 16.8 Å². The number of ether oxygens (including phenoxy) is 13. The first-order valence-electron chi connectivity index (χ1n) is 32.0. The smallest absolute Gasteiger partial charge is 0.397 e. The molecule has 35 heteroatoms. The third kappa shape index (κ3) is 14.4. The van der Waals surface area contributed by atoms with Gasteiger partial charge in [-0.3, -0.25) is 18.7 Å². The van der Waals surface area contributed by atoms with Gasteiger partial charge in [0.25, 0.3) is 0 Å². The van der Waals surface area contributed by atoms with Gasteiger partial charge >= 0.3 is 32.7 Å². The summed E-state index contributed by atoms with van der Waals surface area (Å²) in [5.74, 6) is -1.60. The van der Waals surface area contributed by atoms with Crippen molar-refractivity contribution in [3.05, 3.63) is 23.8 Å². The molecule has 0 aromatic rings. The second-order valence-electron chi connectivity index (χ2n) is 28.9. The van der Waals surface area contributed by atoms with Crippen molar-refractivity contribution in [3.63, 3.8) is 0 Å². The molecule has 0 radical (unpaired) electrons. The van der Waals surface area contributed by atoms with Crippen molar-refractivity contribution in [1.82, 2.24) is 0 Å². The average Bonchev–Trinajstić information content (AvgIpc) is 1.51. The summed E-state index contributed by atoms with van der Waals surface area (Å²) >= 11 is 0. The predicted molar refractivity (Wildman–Crippen MR) is 314 cm³/mol. The van der Waals surface area contributed by atoms with Crippen LogP contribution in [0, 0.1) is 39.4 Å². The monoisotopic (exact) mass is 1410 g/mol. The van der Waals surface area contributed by atoms with Crippen LogP contribution in [0.3, 0.4) is 0 Å². The molecule has 33 nitrogen and oxygen atoms in total. The molecule has 6 aliphatic heterocycles. The minimum Gasteiger partial charge on any atom is -0.462 e. The van der Waals surface area contributed by atoms with Crippen LogP contribution in [-0.2, 0) is 100 Å². The van der Waals surface area contributed by atoms with Gasteiger partial charge in [0.2, 0.25) is 0 Å². The summed E-state index contributed by atoms with van der Waals surface area (Å²) in [4.78, 5) is 27.7. The van der Waals surface area contributed by atoms with Crippen molar-refractivity contribution in [1.29, 1.82) is 0 Å². The van der Waals surface area contributed by atoms with Crippen molar-refractivity contribution in [2.45, 2.75) is 266 Å². The second-order valence-corrected chi connectivity index (χ2v) is 31.1. The molecule has 6 heterocycles. The lowest BCUT2D eigenvalue weighted by atomic mass is 9.41. The van der Waals surface area contributed by atoms with E-state index >= 15 is 0 Å². The van der Waals surface area contributed by atoms with Crippen LogP contribution in [0.25, 0.3) is 0 Å². The third-order valence-electron chi connectivity index (χ3n) is 21.9. The van der Waals surface area contributed by atoms with Gasteiger partial charge in [0.15, 0.2) is 31.5 Å². The van der Waals surface area contributed by atoms with Crippen LogP contribution in [-0.4, -0.2) is 281 Å².